The molecule has 0 bridgehead atoms. The molecular formula is C20H17FN2O4S. The highest BCUT2D eigenvalue weighted by atomic mass is 32.1. The quantitative estimate of drug-likeness (QED) is 0.632. The molecule has 8 heteroatoms. The van der Waals surface area contributed by atoms with E-state index in [1.54, 1.807) is 32.2 Å². The second-order valence-corrected chi connectivity index (χ2v) is 6.77. The summed E-state index contributed by atoms with van der Waals surface area (Å²) in [6, 6.07) is 13.0. The fourth-order valence-corrected chi connectivity index (χ4v) is 3.35. The van der Waals surface area contributed by atoms with Gasteiger partial charge in [-0.15, -0.1) is 11.3 Å². The highest BCUT2D eigenvalue weighted by Gasteiger charge is 2.19. The fraction of sp³-hybridized carbons (Fsp3) is 0.150. The molecule has 28 heavy (non-hydrogen) atoms. The molecule has 6 nitrogen and oxygen atoms in total. The zero-order valence-electron chi connectivity index (χ0n) is 15.2. The lowest BCUT2D eigenvalue weighted by Crippen LogP contribution is -2.21. The van der Waals surface area contributed by atoms with Crippen molar-refractivity contribution >= 4 is 28.9 Å². The van der Waals surface area contributed by atoms with Gasteiger partial charge in [0.1, 0.15) is 21.5 Å². The maximum Gasteiger partial charge on any atom is 0.350 e. The predicted molar refractivity (Wildman–Crippen MR) is 104 cm³/mol. The third-order valence-corrected chi connectivity index (χ3v) is 4.99. The summed E-state index contributed by atoms with van der Waals surface area (Å²) in [4.78, 5) is 28.9. The van der Waals surface area contributed by atoms with Gasteiger partial charge in [-0.05, 0) is 43.3 Å². The first kappa shape index (κ1) is 19.5. The van der Waals surface area contributed by atoms with E-state index in [0.717, 1.165) is 11.3 Å². The lowest BCUT2D eigenvalue weighted by atomic mass is 10.2. The molecule has 0 atom stereocenters. The van der Waals surface area contributed by atoms with Crippen LogP contribution in [0.1, 0.15) is 15.4 Å². The van der Waals surface area contributed by atoms with E-state index in [0.29, 0.717) is 15.6 Å². The largest absolute Gasteiger partial charge is 0.497 e. The van der Waals surface area contributed by atoms with Crippen molar-refractivity contribution in [2.24, 2.45) is 0 Å². The number of aryl methyl sites for hydroxylation is 1. The summed E-state index contributed by atoms with van der Waals surface area (Å²) >= 11 is 1.17. The summed E-state index contributed by atoms with van der Waals surface area (Å²) in [5.41, 5.74) is 1.37. The number of halogens is 1. The van der Waals surface area contributed by atoms with Gasteiger partial charge in [0.15, 0.2) is 6.61 Å². The Balaban J connectivity index is 1.63. The van der Waals surface area contributed by atoms with Crippen LogP contribution in [0.5, 0.6) is 5.75 Å². The Bertz CT molecular complexity index is 1000. The van der Waals surface area contributed by atoms with E-state index in [1.807, 2.05) is 12.1 Å². The normalized spacial score (nSPS) is 10.4. The van der Waals surface area contributed by atoms with Gasteiger partial charge in [-0.1, -0.05) is 12.1 Å². The smallest absolute Gasteiger partial charge is 0.350 e. The topological polar surface area (TPSA) is 77.5 Å². The first-order chi connectivity index (χ1) is 13.5. The van der Waals surface area contributed by atoms with Gasteiger partial charge in [0.25, 0.3) is 5.91 Å². The summed E-state index contributed by atoms with van der Waals surface area (Å²) < 4.78 is 23.7. The molecule has 0 fully saturated rings. The molecule has 0 aliphatic carbocycles. The Labute approximate surface area is 164 Å². The van der Waals surface area contributed by atoms with Crippen LogP contribution >= 0.6 is 11.3 Å². The van der Waals surface area contributed by atoms with E-state index in [1.165, 1.54) is 29.5 Å². The SMILES string of the molecule is COc1ccc(-c2nc(C)c(C(=O)OCC(=O)Nc3ccccc3F)s2)cc1. The van der Waals surface area contributed by atoms with Crippen LogP contribution in [-0.4, -0.2) is 30.6 Å². The van der Waals surface area contributed by atoms with Crippen molar-refractivity contribution in [3.63, 3.8) is 0 Å². The molecule has 144 valence electrons. The summed E-state index contributed by atoms with van der Waals surface area (Å²) in [5.74, 6) is -1.13. The number of esters is 1. The van der Waals surface area contributed by atoms with Gasteiger partial charge >= 0.3 is 5.97 Å². The third kappa shape index (κ3) is 4.52. The zero-order valence-corrected chi connectivity index (χ0v) is 16.0. The highest BCUT2D eigenvalue weighted by molar-refractivity contribution is 7.17. The first-order valence-corrected chi connectivity index (χ1v) is 9.13. The minimum atomic E-state index is -0.654. The molecule has 1 N–H and O–H groups in total. The van der Waals surface area contributed by atoms with Gasteiger partial charge in [-0.25, -0.2) is 14.2 Å². The molecule has 3 rings (SSSR count). The van der Waals surface area contributed by atoms with Gasteiger partial charge in [0.05, 0.1) is 18.5 Å². The molecular weight excluding hydrogens is 383 g/mol. The van der Waals surface area contributed by atoms with Crippen LogP contribution in [0.2, 0.25) is 0 Å². The number of hydrogen-bond acceptors (Lipinski definition) is 6. The van der Waals surface area contributed by atoms with Crippen molar-refractivity contribution in [2.45, 2.75) is 6.92 Å². The van der Waals surface area contributed by atoms with Crippen LogP contribution < -0.4 is 10.1 Å². The van der Waals surface area contributed by atoms with E-state index < -0.39 is 24.3 Å². The molecule has 0 unspecified atom stereocenters. The number of para-hydroxylation sites is 1. The second kappa shape index (κ2) is 8.62. The number of anilines is 1. The van der Waals surface area contributed by atoms with Crippen molar-refractivity contribution < 1.29 is 23.5 Å². The Hall–Kier alpha value is -3.26. The lowest BCUT2D eigenvalue weighted by Gasteiger charge is -2.06. The van der Waals surface area contributed by atoms with Crippen LogP contribution in [-0.2, 0) is 9.53 Å². The minimum Gasteiger partial charge on any atom is -0.497 e. The van der Waals surface area contributed by atoms with Gasteiger partial charge < -0.3 is 14.8 Å². The summed E-state index contributed by atoms with van der Waals surface area (Å²) in [6.45, 7) is 1.17. The van der Waals surface area contributed by atoms with Crippen LogP contribution in [0.3, 0.4) is 0 Å². The fourth-order valence-electron chi connectivity index (χ4n) is 2.39. The molecule has 3 aromatic rings. The number of methoxy groups -OCH3 is 1. The predicted octanol–water partition coefficient (Wildman–Crippen LogP) is 4.06. The van der Waals surface area contributed by atoms with Gasteiger partial charge in [0, 0.05) is 5.56 Å². The molecule has 0 spiro atoms. The Morgan fingerprint density at radius 1 is 1.14 bits per heavy atom. The van der Waals surface area contributed by atoms with E-state index in [9.17, 15) is 14.0 Å². The van der Waals surface area contributed by atoms with Crippen molar-refractivity contribution in [1.29, 1.82) is 0 Å². The van der Waals surface area contributed by atoms with Crippen LogP contribution in [0.4, 0.5) is 10.1 Å². The molecule has 1 aromatic heterocycles. The number of nitrogens with one attached hydrogen (secondary N) is 1. The molecule has 0 radical (unpaired) electrons. The number of nitrogens with zero attached hydrogens (tertiary/aromatic N) is 1. The Kier molecular flexibility index (Phi) is 6.00. The molecule has 1 heterocycles. The third-order valence-electron chi connectivity index (χ3n) is 3.80. The molecule has 0 saturated carbocycles. The summed E-state index contributed by atoms with van der Waals surface area (Å²) in [7, 11) is 1.58. The average Bonchev–Trinajstić information content (AvgIpc) is 3.10. The number of thiazole rings is 1. The van der Waals surface area contributed by atoms with Crippen LogP contribution in [0.25, 0.3) is 10.6 Å². The van der Waals surface area contributed by atoms with Crippen molar-refractivity contribution in [3.8, 4) is 16.3 Å². The summed E-state index contributed by atoms with van der Waals surface area (Å²) in [5, 5.41) is 3.01. The van der Waals surface area contributed by atoms with E-state index in [-0.39, 0.29) is 5.69 Å². The average molecular weight is 400 g/mol. The number of amides is 1. The van der Waals surface area contributed by atoms with Gasteiger partial charge in [-0.2, -0.15) is 0 Å². The van der Waals surface area contributed by atoms with Crippen LogP contribution in [0.15, 0.2) is 48.5 Å². The number of ether oxygens (including phenoxy) is 2. The van der Waals surface area contributed by atoms with Gasteiger partial charge in [0.2, 0.25) is 0 Å². The minimum absolute atomic E-state index is 0.0271. The summed E-state index contributed by atoms with van der Waals surface area (Å²) in [6.07, 6.45) is 0. The number of carbonyl (C=O) groups excluding carboxylic acids is 2. The number of hydrogen-bond donors (Lipinski definition) is 1. The van der Waals surface area contributed by atoms with Gasteiger partial charge in [-0.3, -0.25) is 4.79 Å². The highest BCUT2D eigenvalue weighted by Crippen LogP contribution is 2.29. The maximum absolute atomic E-state index is 13.5. The number of rotatable bonds is 6. The standard InChI is InChI=1S/C20H17FN2O4S/c1-12-18(28-19(22-12)13-7-9-14(26-2)10-8-13)20(25)27-11-17(24)23-16-6-4-3-5-15(16)21/h3-10H,11H2,1-2H3,(H,23,24). The molecule has 2 aromatic carbocycles. The number of carbonyl (C=O) groups is 2. The Morgan fingerprint density at radius 2 is 1.86 bits per heavy atom. The molecule has 0 aliphatic rings. The van der Waals surface area contributed by atoms with E-state index in [2.05, 4.69) is 10.3 Å². The van der Waals surface area contributed by atoms with E-state index >= 15 is 0 Å². The zero-order chi connectivity index (χ0) is 20.1. The van der Waals surface area contributed by atoms with Crippen molar-refractivity contribution in [2.75, 3.05) is 19.0 Å². The second-order valence-electron chi connectivity index (χ2n) is 5.77. The monoisotopic (exact) mass is 400 g/mol. The lowest BCUT2D eigenvalue weighted by molar-refractivity contribution is -0.119. The first-order valence-electron chi connectivity index (χ1n) is 8.31. The van der Waals surface area contributed by atoms with Crippen molar-refractivity contribution in [3.05, 3.63) is 64.9 Å². The van der Waals surface area contributed by atoms with Crippen LogP contribution in [0, 0.1) is 12.7 Å². The Morgan fingerprint density at radius 3 is 2.54 bits per heavy atom. The van der Waals surface area contributed by atoms with Crippen molar-refractivity contribution in [1.82, 2.24) is 4.98 Å². The number of aromatic nitrogens is 1. The van der Waals surface area contributed by atoms with E-state index in [4.69, 9.17) is 9.47 Å². The molecule has 0 aliphatic heterocycles. The number of benzene rings is 2. The molecule has 1 amide bonds. The maximum atomic E-state index is 13.5. The molecule has 0 saturated heterocycles.